The van der Waals surface area contributed by atoms with Crippen molar-refractivity contribution in [1.29, 1.82) is 0 Å². The third-order valence-electron chi connectivity index (χ3n) is 2.58. The maximum Gasteiger partial charge on any atom is 0.264 e. The molecule has 108 valence electrons. The molecule has 1 aromatic heterocycles. The number of nitrogen functional groups attached to an aromatic ring is 1. The summed E-state index contributed by atoms with van der Waals surface area (Å²) in [6.07, 6.45) is 0. The molecule has 0 radical (unpaired) electrons. The molecular weight excluding hydrogens is 362 g/mol. The second kappa shape index (κ2) is 5.71. The van der Waals surface area contributed by atoms with Gasteiger partial charge in [0.15, 0.2) is 5.13 Å². The van der Waals surface area contributed by atoms with E-state index in [1.165, 1.54) is 17.4 Å². The molecule has 0 spiro atoms. The van der Waals surface area contributed by atoms with E-state index >= 15 is 0 Å². The number of sulfonamides is 1. The number of nitrogens with zero attached hydrogens (tertiary/aromatic N) is 1. The molecule has 2 rings (SSSR count). The molecule has 2 aromatic rings. The molecule has 0 saturated carbocycles. The van der Waals surface area contributed by atoms with Gasteiger partial charge in [0.05, 0.1) is 5.69 Å². The van der Waals surface area contributed by atoms with Crippen LogP contribution in [0.15, 0.2) is 32.9 Å². The predicted molar refractivity (Wildman–Crippen MR) is 85.6 cm³/mol. The fraction of sp³-hybridized carbons (Fsp3) is 0.250. The van der Waals surface area contributed by atoms with Crippen molar-refractivity contribution in [3.05, 3.63) is 33.7 Å². The summed E-state index contributed by atoms with van der Waals surface area (Å²) >= 11 is 4.48. The van der Waals surface area contributed by atoms with Crippen molar-refractivity contribution < 1.29 is 8.42 Å². The van der Waals surface area contributed by atoms with Gasteiger partial charge in [-0.25, -0.2) is 13.4 Å². The summed E-state index contributed by atoms with van der Waals surface area (Å²) in [5.41, 5.74) is 6.96. The molecule has 0 amide bonds. The molecule has 3 N–H and O–H groups in total. The molecule has 1 aromatic carbocycles. The first-order valence-corrected chi connectivity index (χ1v) is 8.98. The van der Waals surface area contributed by atoms with Gasteiger partial charge in [0.1, 0.15) is 4.90 Å². The van der Waals surface area contributed by atoms with E-state index in [1.807, 2.05) is 19.2 Å². The standard InChI is InChI=1S/C12H14BrN3O2S2/c1-7(2)10-6-19-12(15-10)16-20(17,18)11-4-3-8(14)5-9(11)13/h3-7H,14H2,1-2H3,(H,15,16). The monoisotopic (exact) mass is 375 g/mol. The lowest BCUT2D eigenvalue weighted by molar-refractivity contribution is 0.600. The highest BCUT2D eigenvalue weighted by Crippen LogP contribution is 2.28. The number of hydrogen-bond acceptors (Lipinski definition) is 5. The van der Waals surface area contributed by atoms with E-state index in [0.717, 1.165) is 5.69 Å². The third kappa shape index (κ3) is 3.31. The highest BCUT2D eigenvalue weighted by atomic mass is 79.9. The topological polar surface area (TPSA) is 85.1 Å². The van der Waals surface area contributed by atoms with Crippen LogP contribution in [0.3, 0.4) is 0 Å². The Bertz CT molecular complexity index is 726. The summed E-state index contributed by atoms with van der Waals surface area (Å²) in [4.78, 5) is 4.39. The van der Waals surface area contributed by atoms with Crippen LogP contribution in [0.1, 0.15) is 25.5 Å². The van der Waals surface area contributed by atoms with Gasteiger partial charge in [-0.1, -0.05) is 13.8 Å². The van der Waals surface area contributed by atoms with Gasteiger partial charge < -0.3 is 5.73 Å². The molecule has 0 aliphatic heterocycles. The van der Waals surface area contributed by atoms with Crippen molar-refractivity contribution in [3.63, 3.8) is 0 Å². The minimum Gasteiger partial charge on any atom is -0.399 e. The van der Waals surface area contributed by atoms with E-state index < -0.39 is 10.0 Å². The first kappa shape index (κ1) is 15.3. The molecule has 0 atom stereocenters. The second-order valence-electron chi connectivity index (χ2n) is 4.53. The molecule has 0 unspecified atom stereocenters. The zero-order chi connectivity index (χ0) is 14.9. The Morgan fingerprint density at radius 2 is 2.10 bits per heavy atom. The average Bonchev–Trinajstić information content (AvgIpc) is 2.76. The van der Waals surface area contributed by atoms with E-state index in [9.17, 15) is 8.42 Å². The Kier molecular flexibility index (Phi) is 4.36. The molecule has 8 heteroatoms. The number of anilines is 2. The second-order valence-corrected chi connectivity index (χ2v) is 7.89. The van der Waals surface area contributed by atoms with Gasteiger partial charge >= 0.3 is 0 Å². The van der Waals surface area contributed by atoms with Gasteiger partial charge in [-0.15, -0.1) is 11.3 Å². The van der Waals surface area contributed by atoms with Crippen LogP contribution in [0.5, 0.6) is 0 Å². The molecule has 0 aliphatic carbocycles. The van der Waals surface area contributed by atoms with Gasteiger partial charge in [0, 0.05) is 15.5 Å². The fourth-order valence-corrected chi connectivity index (χ4v) is 4.72. The molecule has 0 aliphatic rings. The summed E-state index contributed by atoms with van der Waals surface area (Å²) in [5.74, 6) is 0.257. The Morgan fingerprint density at radius 1 is 1.40 bits per heavy atom. The lowest BCUT2D eigenvalue weighted by Crippen LogP contribution is -2.13. The lowest BCUT2D eigenvalue weighted by atomic mass is 10.2. The van der Waals surface area contributed by atoms with Gasteiger partial charge in [0.2, 0.25) is 0 Å². The highest BCUT2D eigenvalue weighted by Gasteiger charge is 2.19. The SMILES string of the molecule is CC(C)c1csc(NS(=O)(=O)c2ccc(N)cc2Br)n1. The molecule has 1 heterocycles. The smallest absolute Gasteiger partial charge is 0.264 e. The minimum atomic E-state index is -3.68. The quantitative estimate of drug-likeness (QED) is 0.801. The number of halogens is 1. The number of hydrogen-bond donors (Lipinski definition) is 2. The lowest BCUT2D eigenvalue weighted by Gasteiger charge is -2.07. The van der Waals surface area contributed by atoms with Crippen LogP contribution in [0.4, 0.5) is 10.8 Å². The summed E-state index contributed by atoms with van der Waals surface area (Å²) in [7, 11) is -3.68. The summed E-state index contributed by atoms with van der Waals surface area (Å²) < 4.78 is 27.5. The largest absolute Gasteiger partial charge is 0.399 e. The Balaban J connectivity index is 2.30. The van der Waals surface area contributed by atoms with Crippen molar-refractivity contribution in [2.75, 3.05) is 10.5 Å². The third-order valence-corrected chi connectivity index (χ3v) is 5.80. The van der Waals surface area contributed by atoms with Crippen molar-refractivity contribution in [2.45, 2.75) is 24.7 Å². The maximum atomic E-state index is 12.3. The molecule has 5 nitrogen and oxygen atoms in total. The Morgan fingerprint density at radius 3 is 2.65 bits per heavy atom. The van der Waals surface area contributed by atoms with E-state index in [4.69, 9.17) is 5.73 Å². The zero-order valence-corrected chi connectivity index (χ0v) is 14.1. The van der Waals surface area contributed by atoms with Crippen molar-refractivity contribution in [3.8, 4) is 0 Å². The van der Waals surface area contributed by atoms with Crippen LogP contribution >= 0.6 is 27.3 Å². The molecular formula is C12H14BrN3O2S2. The number of nitrogens with one attached hydrogen (secondary N) is 1. The minimum absolute atomic E-state index is 0.132. The van der Waals surface area contributed by atoms with Crippen molar-refractivity contribution in [2.24, 2.45) is 0 Å². The van der Waals surface area contributed by atoms with Crippen LogP contribution in [-0.2, 0) is 10.0 Å². The van der Waals surface area contributed by atoms with Gasteiger partial charge in [-0.3, -0.25) is 4.72 Å². The van der Waals surface area contributed by atoms with Crippen molar-refractivity contribution >= 4 is 48.1 Å². The first-order chi connectivity index (χ1) is 9.29. The number of aromatic nitrogens is 1. The van der Waals surface area contributed by atoms with E-state index in [2.05, 4.69) is 25.6 Å². The van der Waals surface area contributed by atoms with Crippen LogP contribution < -0.4 is 10.5 Å². The number of thiazole rings is 1. The average molecular weight is 376 g/mol. The molecule has 0 bridgehead atoms. The van der Waals surface area contributed by atoms with E-state index in [1.54, 1.807) is 12.1 Å². The predicted octanol–water partition coefficient (Wildman–Crippen LogP) is 3.41. The van der Waals surface area contributed by atoms with Crippen LogP contribution in [0, 0.1) is 0 Å². The summed E-state index contributed by atoms with van der Waals surface area (Å²) in [5, 5.41) is 2.21. The highest BCUT2D eigenvalue weighted by molar-refractivity contribution is 9.10. The number of nitrogens with two attached hydrogens (primary N) is 1. The van der Waals surface area contributed by atoms with Gasteiger partial charge in [-0.2, -0.15) is 0 Å². The first-order valence-electron chi connectivity index (χ1n) is 5.83. The fourth-order valence-electron chi connectivity index (χ4n) is 1.50. The summed E-state index contributed by atoms with van der Waals surface area (Å²) in [6, 6.07) is 4.55. The Labute approximate surface area is 130 Å². The van der Waals surface area contributed by atoms with Crippen LogP contribution in [0.25, 0.3) is 0 Å². The van der Waals surface area contributed by atoms with Gasteiger partial charge in [0.25, 0.3) is 10.0 Å². The van der Waals surface area contributed by atoms with E-state index in [-0.39, 0.29) is 10.8 Å². The van der Waals surface area contributed by atoms with E-state index in [0.29, 0.717) is 15.3 Å². The molecule has 0 fully saturated rings. The van der Waals surface area contributed by atoms with Crippen molar-refractivity contribution in [1.82, 2.24) is 4.98 Å². The zero-order valence-electron chi connectivity index (χ0n) is 10.9. The number of rotatable bonds is 4. The van der Waals surface area contributed by atoms with Gasteiger partial charge in [-0.05, 0) is 40.0 Å². The number of benzene rings is 1. The molecule has 0 saturated heterocycles. The van der Waals surface area contributed by atoms with Crippen LogP contribution in [-0.4, -0.2) is 13.4 Å². The summed E-state index contributed by atoms with van der Waals surface area (Å²) in [6.45, 7) is 4.01. The van der Waals surface area contributed by atoms with Crippen LogP contribution in [0.2, 0.25) is 0 Å². The maximum absolute atomic E-state index is 12.3. The molecule has 20 heavy (non-hydrogen) atoms. The Hall–Kier alpha value is -1.12. The normalized spacial score (nSPS) is 11.8.